The lowest BCUT2D eigenvalue weighted by atomic mass is 10.0. The lowest BCUT2D eigenvalue weighted by Crippen LogP contribution is -2.09. The number of benzene rings is 2. The van der Waals surface area contributed by atoms with Crippen molar-refractivity contribution in [3.63, 3.8) is 0 Å². The summed E-state index contributed by atoms with van der Waals surface area (Å²) in [4.78, 5) is 0. The maximum atomic E-state index is 6.16. The van der Waals surface area contributed by atoms with E-state index in [2.05, 4.69) is 12.2 Å². The molecule has 2 aromatic carbocycles. The Morgan fingerprint density at radius 2 is 1.68 bits per heavy atom. The fourth-order valence-electron chi connectivity index (χ4n) is 1.92. The molecule has 0 fully saturated rings. The molecular weight excluding hydrogens is 301 g/mol. The molecule has 19 heavy (non-hydrogen) atoms. The number of para-hydroxylation sites is 1. The third-order valence-corrected chi connectivity index (χ3v) is 4.03. The third-order valence-electron chi connectivity index (χ3n) is 2.96. The Bertz CT molecular complexity index is 569. The molecule has 1 N–H and O–H groups in total. The van der Waals surface area contributed by atoms with Crippen molar-refractivity contribution in [2.45, 2.75) is 19.4 Å². The summed E-state index contributed by atoms with van der Waals surface area (Å²) in [6, 6.07) is 13.5. The van der Waals surface area contributed by atoms with E-state index < -0.39 is 0 Å². The van der Waals surface area contributed by atoms with E-state index in [4.69, 9.17) is 34.8 Å². The second-order valence-corrected chi connectivity index (χ2v) is 5.48. The first-order chi connectivity index (χ1) is 9.11. The summed E-state index contributed by atoms with van der Waals surface area (Å²) >= 11 is 18.2. The summed E-state index contributed by atoms with van der Waals surface area (Å²) < 4.78 is 0. The van der Waals surface area contributed by atoms with E-state index in [1.165, 1.54) is 0 Å². The molecule has 0 bridgehead atoms. The number of nitrogens with one attached hydrogen (secondary N) is 1. The Morgan fingerprint density at radius 3 is 2.32 bits per heavy atom. The van der Waals surface area contributed by atoms with Crippen molar-refractivity contribution in [3.8, 4) is 0 Å². The molecule has 0 heterocycles. The van der Waals surface area contributed by atoms with Crippen molar-refractivity contribution in [2.24, 2.45) is 0 Å². The van der Waals surface area contributed by atoms with Crippen molar-refractivity contribution >= 4 is 40.5 Å². The summed E-state index contributed by atoms with van der Waals surface area (Å²) in [6.45, 7) is 2.11. The Morgan fingerprint density at radius 1 is 0.947 bits per heavy atom. The monoisotopic (exact) mass is 313 g/mol. The molecule has 2 rings (SSSR count). The zero-order valence-corrected chi connectivity index (χ0v) is 12.7. The van der Waals surface area contributed by atoms with Gasteiger partial charge in [-0.05, 0) is 36.2 Å². The lowest BCUT2D eigenvalue weighted by molar-refractivity contribution is 0.749. The predicted octanol–water partition coefficient (Wildman–Crippen LogP) is 6.21. The van der Waals surface area contributed by atoms with E-state index in [9.17, 15) is 0 Å². The molecule has 0 aliphatic rings. The van der Waals surface area contributed by atoms with Crippen molar-refractivity contribution in [1.82, 2.24) is 0 Å². The van der Waals surface area contributed by atoms with E-state index in [0.717, 1.165) is 17.7 Å². The van der Waals surface area contributed by atoms with Gasteiger partial charge in [-0.1, -0.05) is 59.9 Å². The number of anilines is 1. The van der Waals surface area contributed by atoms with Gasteiger partial charge in [0.2, 0.25) is 0 Å². The molecule has 0 spiro atoms. The van der Waals surface area contributed by atoms with E-state index >= 15 is 0 Å². The molecule has 0 saturated carbocycles. The van der Waals surface area contributed by atoms with Crippen LogP contribution in [0.25, 0.3) is 0 Å². The molecule has 2 aromatic rings. The highest BCUT2D eigenvalue weighted by atomic mass is 35.5. The van der Waals surface area contributed by atoms with E-state index in [1.54, 1.807) is 0 Å². The van der Waals surface area contributed by atoms with Crippen molar-refractivity contribution in [3.05, 3.63) is 63.1 Å². The average molecular weight is 315 g/mol. The van der Waals surface area contributed by atoms with Gasteiger partial charge < -0.3 is 5.32 Å². The highest BCUT2D eigenvalue weighted by Crippen LogP contribution is 2.31. The number of hydrogen-bond acceptors (Lipinski definition) is 1. The third kappa shape index (κ3) is 3.56. The Balaban J connectivity index is 2.25. The van der Waals surface area contributed by atoms with Gasteiger partial charge in [0.05, 0.1) is 26.8 Å². The summed E-state index contributed by atoms with van der Waals surface area (Å²) in [5.74, 6) is 0. The summed E-state index contributed by atoms with van der Waals surface area (Å²) in [5.41, 5.74) is 2.01. The minimum Gasteiger partial charge on any atom is -0.377 e. The number of hydrogen-bond donors (Lipinski definition) is 1. The van der Waals surface area contributed by atoms with Gasteiger partial charge in [-0.2, -0.15) is 0 Å². The van der Waals surface area contributed by atoms with Gasteiger partial charge in [0.15, 0.2) is 0 Å². The standard InChI is InChI=1S/C15H14Cl3N/c1-2-14(10-7-8-11(16)13(18)9-10)19-15-6-4-3-5-12(15)17/h3-9,14,19H,2H2,1H3. The van der Waals surface area contributed by atoms with Crippen LogP contribution in [0.2, 0.25) is 15.1 Å². The smallest absolute Gasteiger partial charge is 0.0637 e. The van der Waals surface area contributed by atoms with Crippen LogP contribution in [0, 0.1) is 0 Å². The van der Waals surface area contributed by atoms with Crippen LogP contribution < -0.4 is 5.32 Å². The maximum Gasteiger partial charge on any atom is 0.0637 e. The minimum atomic E-state index is 0.148. The van der Waals surface area contributed by atoms with Crippen LogP contribution in [0.4, 0.5) is 5.69 Å². The van der Waals surface area contributed by atoms with Crippen LogP contribution >= 0.6 is 34.8 Å². The molecule has 0 amide bonds. The first-order valence-corrected chi connectivity index (χ1v) is 7.21. The minimum absolute atomic E-state index is 0.148. The van der Waals surface area contributed by atoms with Gasteiger partial charge in [-0.3, -0.25) is 0 Å². The SMILES string of the molecule is CCC(Nc1ccccc1Cl)c1ccc(Cl)c(Cl)c1. The van der Waals surface area contributed by atoms with Crippen molar-refractivity contribution < 1.29 is 0 Å². The second kappa shape index (κ2) is 6.51. The molecule has 4 heteroatoms. The summed E-state index contributed by atoms with van der Waals surface area (Å²) in [7, 11) is 0. The number of rotatable bonds is 4. The molecule has 0 aliphatic heterocycles. The molecule has 100 valence electrons. The lowest BCUT2D eigenvalue weighted by Gasteiger charge is -2.20. The first-order valence-electron chi connectivity index (χ1n) is 6.08. The van der Waals surface area contributed by atoms with E-state index in [-0.39, 0.29) is 6.04 Å². The maximum absolute atomic E-state index is 6.16. The topological polar surface area (TPSA) is 12.0 Å². The highest BCUT2D eigenvalue weighted by Gasteiger charge is 2.12. The number of halogens is 3. The van der Waals surface area contributed by atoms with Crippen molar-refractivity contribution in [2.75, 3.05) is 5.32 Å². The summed E-state index contributed by atoms with van der Waals surface area (Å²) in [6.07, 6.45) is 0.920. The second-order valence-electron chi connectivity index (χ2n) is 4.26. The highest BCUT2D eigenvalue weighted by molar-refractivity contribution is 6.42. The predicted molar refractivity (Wildman–Crippen MR) is 84.6 cm³/mol. The average Bonchev–Trinajstić information content (AvgIpc) is 2.41. The Kier molecular flexibility index (Phi) is 4.98. The molecule has 1 unspecified atom stereocenters. The fraction of sp³-hybridized carbons (Fsp3) is 0.200. The van der Waals surface area contributed by atoms with Crippen LogP contribution in [-0.2, 0) is 0 Å². The van der Waals surface area contributed by atoms with E-state index in [0.29, 0.717) is 15.1 Å². The molecule has 0 aromatic heterocycles. The van der Waals surface area contributed by atoms with Crippen LogP contribution in [-0.4, -0.2) is 0 Å². The van der Waals surface area contributed by atoms with Gasteiger partial charge >= 0.3 is 0 Å². The molecule has 0 aliphatic carbocycles. The molecule has 0 saturated heterocycles. The largest absolute Gasteiger partial charge is 0.377 e. The Hall–Kier alpha value is -0.890. The first kappa shape index (κ1) is 14.5. The normalized spacial score (nSPS) is 12.2. The van der Waals surface area contributed by atoms with Crippen LogP contribution in [0.1, 0.15) is 24.9 Å². The quantitative estimate of drug-likeness (QED) is 0.707. The van der Waals surface area contributed by atoms with Crippen molar-refractivity contribution in [1.29, 1.82) is 0 Å². The molecule has 1 nitrogen and oxygen atoms in total. The van der Waals surface area contributed by atoms with Gasteiger partial charge in [0, 0.05) is 0 Å². The van der Waals surface area contributed by atoms with E-state index in [1.807, 2.05) is 42.5 Å². The van der Waals surface area contributed by atoms with Crippen LogP contribution in [0.5, 0.6) is 0 Å². The summed E-state index contributed by atoms with van der Waals surface area (Å²) in [5, 5.41) is 5.27. The molecular formula is C15H14Cl3N. The van der Waals surface area contributed by atoms with Gasteiger partial charge in [-0.25, -0.2) is 0 Å². The molecule has 1 atom stereocenters. The van der Waals surface area contributed by atoms with Gasteiger partial charge in [-0.15, -0.1) is 0 Å². The Labute approximate surface area is 128 Å². The van der Waals surface area contributed by atoms with Gasteiger partial charge in [0.25, 0.3) is 0 Å². The van der Waals surface area contributed by atoms with Gasteiger partial charge in [0.1, 0.15) is 0 Å². The fourth-order valence-corrected chi connectivity index (χ4v) is 2.41. The zero-order chi connectivity index (χ0) is 13.8. The van der Waals surface area contributed by atoms with Crippen LogP contribution in [0.3, 0.4) is 0 Å². The zero-order valence-electron chi connectivity index (χ0n) is 10.5. The molecule has 0 radical (unpaired) electrons. The van der Waals surface area contributed by atoms with Crippen LogP contribution in [0.15, 0.2) is 42.5 Å².